The molecule has 7 nitrogen and oxygen atoms in total. The van der Waals surface area contributed by atoms with Crippen molar-refractivity contribution >= 4 is 15.8 Å². The number of nitrogens with zero attached hydrogens (tertiary/aromatic N) is 3. The van der Waals surface area contributed by atoms with Crippen molar-refractivity contribution in [2.45, 2.75) is 32.3 Å². The quantitative estimate of drug-likeness (QED) is 0.743. The molecule has 0 amide bonds. The fourth-order valence-corrected chi connectivity index (χ4v) is 3.67. The molecule has 0 unspecified atom stereocenters. The maximum absolute atomic E-state index is 12.6. The number of aromatic nitrogens is 4. The largest absolute Gasteiger partial charge is 0.280 e. The Kier molecular flexibility index (Phi) is 4.15. The van der Waals surface area contributed by atoms with Crippen LogP contribution in [-0.2, 0) is 16.6 Å². The maximum atomic E-state index is 12.6. The molecule has 0 aliphatic carbocycles. The number of benzene rings is 1. The molecular weight excluding hydrogens is 326 g/mol. The Morgan fingerprint density at radius 2 is 1.88 bits per heavy atom. The molecule has 8 heteroatoms. The van der Waals surface area contributed by atoms with E-state index in [4.69, 9.17) is 0 Å². The number of sulfonamides is 1. The Hall–Kier alpha value is -2.61. The van der Waals surface area contributed by atoms with Crippen molar-refractivity contribution in [2.75, 3.05) is 4.72 Å². The summed E-state index contributed by atoms with van der Waals surface area (Å²) < 4.78 is 29.1. The van der Waals surface area contributed by atoms with E-state index in [0.717, 1.165) is 16.8 Å². The Morgan fingerprint density at radius 1 is 1.17 bits per heavy atom. The molecule has 126 valence electrons. The first kappa shape index (κ1) is 16.3. The van der Waals surface area contributed by atoms with E-state index < -0.39 is 10.0 Å². The molecular formula is C16H19N5O2S. The predicted molar refractivity (Wildman–Crippen MR) is 92.2 cm³/mol. The normalized spacial score (nSPS) is 11.6. The van der Waals surface area contributed by atoms with Gasteiger partial charge in [0.2, 0.25) is 0 Å². The third-order valence-electron chi connectivity index (χ3n) is 3.62. The monoisotopic (exact) mass is 345 g/mol. The Balaban J connectivity index is 1.87. The van der Waals surface area contributed by atoms with Gasteiger partial charge in [-0.3, -0.25) is 14.5 Å². The summed E-state index contributed by atoms with van der Waals surface area (Å²) in [6, 6.07) is 11.1. The summed E-state index contributed by atoms with van der Waals surface area (Å²) in [6.07, 6.45) is 0. The van der Waals surface area contributed by atoms with E-state index in [-0.39, 0.29) is 10.8 Å². The van der Waals surface area contributed by atoms with E-state index in [1.807, 2.05) is 38.1 Å². The van der Waals surface area contributed by atoms with Crippen molar-refractivity contribution < 1.29 is 8.42 Å². The average molecular weight is 345 g/mol. The fourth-order valence-electron chi connectivity index (χ4n) is 2.41. The number of aromatic amines is 1. The number of aryl methyl sites for hydroxylation is 3. The lowest BCUT2D eigenvalue weighted by molar-refractivity contribution is 0.556. The standard InChI is InChI=1S/C16H19N5O2S/c1-4-21-16(9-12(3)19-21)24(22,23)20-15-10-14(17-18-15)13-7-5-11(2)6-8-13/h5-10H,4H2,1-3H3,(H2,17,18,20). The molecule has 3 rings (SSSR count). The van der Waals surface area contributed by atoms with Gasteiger partial charge in [-0.25, -0.2) is 0 Å². The van der Waals surface area contributed by atoms with Crippen LogP contribution in [-0.4, -0.2) is 28.4 Å². The minimum Gasteiger partial charge on any atom is -0.276 e. The average Bonchev–Trinajstić information content (AvgIpc) is 3.14. The SMILES string of the molecule is CCn1nc(C)cc1S(=O)(=O)Nc1cc(-c2ccc(C)cc2)[nH]n1. The molecule has 2 heterocycles. The zero-order valence-electron chi connectivity index (χ0n) is 13.7. The third kappa shape index (κ3) is 3.18. The van der Waals surface area contributed by atoms with Crippen LogP contribution in [0.2, 0.25) is 0 Å². The minimum absolute atomic E-state index is 0.127. The highest BCUT2D eigenvalue weighted by Crippen LogP contribution is 2.22. The molecule has 0 spiro atoms. The lowest BCUT2D eigenvalue weighted by atomic mass is 10.1. The maximum Gasteiger partial charge on any atom is 0.280 e. The van der Waals surface area contributed by atoms with Crippen LogP contribution in [0.5, 0.6) is 0 Å². The number of nitrogens with one attached hydrogen (secondary N) is 2. The topological polar surface area (TPSA) is 92.7 Å². The van der Waals surface area contributed by atoms with Gasteiger partial charge >= 0.3 is 0 Å². The van der Waals surface area contributed by atoms with Gasteiger partial charge in [-0.1, -0.05) is 29.8 Å². The first-order valence-electron chi connectivity index (χ1n) is 7.59. The molecule has 0 atom stereocenters. The van der Waals surface area contributed by atoms with Crippen LogP contribution in [0.4, 0.5) is 5.82 Å². The molecule has 0 bridgehead atoms. The van der Waals surface area contributed by atoms with Gasteiger partial charge < -0.3 is 0 Å². The van der Waals surface area contributed by atoms with Crippen molar-refractivity contribution in [3.63, 3.8) is 0 Å². The van der Waals surface area contributed by atoms with Crippen molar-refractivity contribution in [3.8, 4) is 11.3 Å². The molecule has 0 saturated heterocycles. The van der Waals surface area contributed by atoms with E-state index in [2.05, 4.69) is 20.0 Å². The van der Waals surface area contributed by atoms with Crippen LogP contribution in [0.1, 0.15) is 18.2 Å². The van der Waals surface area contributed by atoms with Crippen LogP contribution in [0.25, 0.3) is 11.3 Å². The van der Waals surface area contributed by atoms with E-state index in [1.54, 1.807) is 19.1 Å². The van der Waals surface area contributed by atoms with Crippen molar-refractivity contribution in [1.29, 1.82) is 0 Å². The van der Waals surface area contributed by atoms with Gasteiger partial charge in [0.1, 0.15) is 0 Å². The molecule has 24 heavy (non-hydrogen) atoms. The van der Waals surface area contributed by atoms with Crippen LogP contribution < -0.4 is 4.72 Å². The van der Waals surface area contributed by atoms with Gasteiger partial charge in [-0.2, -0.15) is 18.6 Å². The summed E-state index contributed by atoms with van der Waals surface area (Å²) in [7, 11) is -3.74. The van der Waals surface area contributed by atoms with Crippen LogP contribution in [0.15, 0.2) is 41.4 Å². The first-order chi connectivity index (χ1) is 11.4. The van der Waals surface area contributed by atoms with E-state index in [0.29, 0.717) is 12.2 Å². The van der Waals surface area contributed by atoms with Gasteiger partial charge in [-0.15, -0.1) is 0 Å². The van der Waals surface area contributed by atoms with Crippen molar-refractivity contribution in [1.82, 2.24) is 20.0 Å². The van der Waals surface area contributed by atoms with E-state index in [1.165, 1.54) is 4.68 Å². The molecule has 0 saturated carbocycles. The number of rotatable bonds is 5. The second-order valence-electron chi connectivity index (χ2n) is 5.58. The number of anilines is 1. The highest BCUT2D eigenvalue weighted by molar-refractivity contribution is 7.92. The third-order valence-corrected chi connectivity index (χ3v) is 4.98. The number of H-pyrrole nitrogens is 1. The molecule has 2 aromatic heterocycles. The molecule has 0 fully saturated rings. The fraction of sp³-hybridized carbons (Fsp3) is 0.250. The molecule has 3 aromatic rings. The van der Waals surface area contributed by atoms with E-state index in [9.17, 15) is 8.42 Å². The lowest BCUT2D eigenvalue weighted by Gasteiger charge is -2.06. The molecule has 0 radical (unpaired) electrons. The minimum atomic E-state index is -3.74. The molecule has 0 aliphatic heterocycles. The smallest absolute Gasteiger partial charge is 0.276 e. The summed E-state index contributed by atoms with van der Waals surface area (Å²) in [5.41, 5.74) is 3.49. The van der Waals surface area contributed by atoms with Gasteiger partial charge in [-0.05, 0) is 32.4 Å². The van der Waals surface area contributed by atoms with Crippen molar-refractivity contribution in [2.24, 2.45) is 0 Å². The van der Waals surface area contributed by atoms with E-state index >= 15 is 0 Å². The summed E-state index contributed by atoms with van der Waals surface area (Å²) >= 11 is 0. The zero-order chi connectivity index (χ0) is 17.3. The summed E-state index contributed by atoms with van der Waals surface area (Å²) in [6.45, 7) is 6.08. The van der Waals surface area contributed by atoms with Crippen LogP contribution >= 0.6 is 0 Å². The molecule has 2 N–H and O–H groups in total. The predicted octanol–water partition coefficient (Wildman–Crippen LogP) is 2.71. The highest BCUT2D eigenvalue weighted by atomic mass is 32.2. The highest BCUT2D eigenvalue weighted by Gasteiger charge is 2.21. The molecule has 0 aliphatic rings. The second kappa shape index (κ2) is 6.12. The zero-order valence-corrected chi connectivity index (χ0v) is 14.6. The van der Waals surface area contributed by atoms with Gasteiger partial charge in [0, 0.05) is 12.6 Å². The van der Waals surface area contributed by atoms with Gasteiger partial charge in [0.25, 0.3) is 10.0 Å². The van der Waals surface area contributed by atoms with Gasteiger partial charge in [0.15, 0.2) is 10.8 Å². The summed E-state index contributed by atoms with van der Waals surface area (Å²) in [5, 5.41) is 11.2. The summed E-state index contributed by atoms with van der Waals surface area (Å²) in [4.78, 5) is 0. The van der Waals surface area contributed by atoms with Crippen LogP contribution in [0.3, 0.4) is 0 Å². The lowest BCUT2D eigenvalue weighted by Crippen LogP contribution is -2.17. The van der Waals surface area contributed by atoms with Gasteiger partial charge in [0.05, 0.1) is 11.4 Å². The number of hydrogen-bond donors (Lipinski definition) is 2. The first-order valence-corrected chi connectivity index (χ1v) is 9.07. The Bertz CT molecular complexity index is 955. The van der Waals surface area contributed by atoms with Crippen LogP contribution in [0, 0.1) is 13.8 Å². The van der Waals surface area contributed by atoms with Crippen molar-refractivity contribution in [3.05, 3.63) is 47.7 Å². The number of hydrogen-bond acceptors (Lipinski definition) is 4. The Morgan fingerprint density at radius 3 is 2.54 bits per heavy atom. The second-order valence-corrected chi connectivity index (χ2v) is 7.21. The Labute approximate surface area is 140 Å². The summed E-state index contributed by atoms with van der Waals surface area (Å²) in [5.74, 6) is 0.243. The molecule has 1 aromatic carbocycles.